The van der Waals surface area contributed by atoms with E-state index in [2.05, 4.69) is 23.3 Å². The summed E-state index contributed by atoms with van der Waals surface area (Å²) in [5.41, 5.74) is 5.37. The van der Waals surface area contributed by atoms with Crippen LogP contribution in [0.15, 0.2) is 0 Å². The molecule has 0 aromatic heterocycles. The van der Waals surface area contributed by atoms with Gasteiger partial charge >= 0.3 is 11.9 Å². The van der Waals surface area contributed by atoms with Crippen molar-refractivity contribution >= 4 is 42.3 Å². The number of nitrogens with one attached hydrogen (secondary N) is 3. The van der Waals surface area contributed by atoms with Gasteiger partial charge in [-0.05, 0) is 0 Å². The first-order valence-corrected chi connectivity index (χ1v) is 7.54. The third kappa shape index (κ3) is 8.88. The molecule has 0 aliphatic rings. The Bertz CT molecular complexity index is 529. The zero-order valence-corrected chi connectivity index (χ0v) is 13.9. The average molecular weight is 380 g/mol. The molecule has 0 fully saturated rings. The molecule has 0 bridgehead atoms. The van der Waals surface area contributed by atoms with Crippen molar-refractivity contribution in [3.8, 4) is 0 Å². The number of hydrogen-bond donors (Lipinski definition) is 8. The Labute approximate surface area is 147 Å². The monoisotopic (exact) mass is 380 g/mol. The van der Waals surface area contributed by atoms with Gasteiger partial charge in [-0.25, -0.2) is 4.79 Å². The fourth-order valence-corrected chi connectivity index (χ4v) is 1.63. The number of aliphatic hydroxyl groups excluding tert-OH is 1. The van der Waals surface area contributed by atoms with Crippen LogP contribution < -0.4 is 21.7 Å². The van der Waals surface area contributed by atoms with Crippen molar-refractivity contribution in [2.75, 3.05) is 18.9 Å². The van der Waals surface area contributed by atoms with Gasteiger partial charge in [0.05, 0.1) is 25.6 Å². The summed E-state index contributed by atoms with van der Waals surface area (Å²) in [7, 11) is 0. The highest BCUT2D eigenvalue weighted by atomic mass is 32.1. The first-order valence-electron chi connectivity index (χ1n) is 6.91. The van der Waals surface area contributed by atoms with E-state index in [9.17, 15) is 24.0 Å². The second-order valence-corrected chi connectivity index (χ2v) is 5.17. The minimum atomic E-state index is -1.73. The molecule has 0 aliphatic heterocycles. The second kappa shape index (κ2) is 11.2. The SMILES string of the molecule is NC(CS)C(=O)NCC(=O)NC(CO)C(=O)NC(CC(=O)O)C(=O)O. The summed E-state index contributed by atoms with van der Waals surface area (Å²) in [6.07, 6.45) is -0.884. The molecule has 0 aliphatic carbocycles. The number of thiol groups is 1. The van der Waals surface area contributed by atoms with Gasteiger partial charge in [0, 0.05) is 5.75 Å². The van der Waals surface area contributed by atoms with Crippen molar-refractivity contribution < 1.29 is 39.3 Å². The van der Waals surface area contributed by atoms with Gasteiger partial charge in [0.1, 0.15) is 12.1 Å². The predicted octanol–water partition coefficient (Wildman–Crippen LogP) is -4.12. The van der Waals surface area contributed by atoms with Gasteiger partial charge in [0.15, 0.2) is 0 Å². The average Bonchev–Trinajstić information content (AvgIpc) is 2.55. The third-order valence-corrected chi connectivity index (χ3v) is 3.18. The fourth-order valence-electron chi connectivity index (χ4n) is 1.47. The molecule has 3 amide bonds. The summed E-state index contributed by atoms with van der Waals surface area (Å²) >= 11 is 3.81. The van der Waals surface area contributed by atoms with E-state index in [1.165, 1.54) is 0 Å². The zero-order chi connectivity index (χ0) is 19.6. The van der Waals surface area contributed by atoms with E-state index >= 15 is 0 Å². The van der Waals surface area contributed by atoms with E-state index < -0.39 is 67.4 Å². The fraction of sp³-hybridized carbons (Fsp3) is 0.583. The van der Waals surface area contributed by atoms with Gasteiger partial charge < -0.3 is 37.0 Å². The van der Waals surface area contributed by atoms with Gasteiger partial charge in [0.2, 0.25) is 17.7 Å². The van der Waals surface area contributed by atoms with E-state index in [1.54, 1.807) is 0 Å². The summed E-state index contributed by atoms with van der Waals surface area (Å²) in [4.78, 5) is 56.3. The number of carbonyl (C=O) groups excluding carboxylic acids is 3. The maximum atomic E-state index is 11.8. The molecular weight excluding hydrogens is 360 g/mol. The standard InChI is InChI=1S/C12H20N4O8S/c13-5(4-25)10(21)14-2-8(18)15-7(3-17)11(22)16-6(12(23)24)1-9(19)20/h5-7,17,25H,1-4,13H2,(H,14,21)(H,15,18)(H,16,22)(H,19,20)(H,23,24). The quantitative estimate of drug-likeness (QED) is 0.163. The third-order valence-electron chi connectivity index (χ3n) is 2.78. The molecule has 0 heterocycles. The molecule has 13 heteroatoms. The van der Waals surface area contributed by atoms with Crippen molar-refractivity contribution in [3.05, 3.63) is 0 Å². The summed E-state index contributed by atoms with van der Waals surface area (Å²) in [6.45, 7) is -1.41. The first-order chi connectivity index (χ1) is 11.6. The Morgan fingerprint density at radius 3 is 2.04 bits per heavy atom. The number of rotatable bonds is 11. The molecule has 3 unspecified atom stereocenters. The maximum Gasteiger partial charge on any atom is 0.326 e. The maximum absolute atomic E-state index is 11.8. The molecule has 142 valence electrons. The Morgan fingerprint density at radius 1 is 1.00 bits per heavy atom. The van der Waals surface area contributed by atoms with Crippen molar-refractivity contribution in [2.24, 2.45) is 5.73 Å². The van der Waals surface area contributed by atoms with Gasteiger partial charge in [-0.2, -0.15) is 12.6 Å². The number of nitrogens with two attached hydrogens (primary N) is 1. The van der Waals surface area contributed by atoms with Crippen molar-refractivity contribution in [3.63, 3.8) is 0 Å². The van der Waals surface area contributed by atoms with Gasteiger partial charge in [-0.1, -0.05) is 0 Å². The van der Waals surface area contributed by atoms with Crippen LogP contribution in [-0.4, -0.2) is 82.0 Å². The smallest absolute Gasteiger partial charge is 0.326 e. The van der Waals surface area contributed by atoms with Crippen LogP contribution in [0, 0.1) is 0 Å². The second-order valence-electron chi connectivity index (χ2n) is 4.81. The molecular formula is C12H20N4O8S. The van der Waals surface area contributed by atoms with Crippen molar-refractivity contribution in [1.29, 1.82) is 0 Å². The molecule has 0 aromatic rings. The topological polar surface area (TPSA) is 208 Å². The molecule has 3 atom stereocenters. The van der Waals surface area contributed by atoms with E-state index in [0.29, 0.717) is 0 Å². The van der Waals surface area contributed by atoms with Crippen LogP contribution in [0.1, 0.15) is 6.42 Å². The van der Waals surface area contributed by atoms with Crippen LogP contribution in [0.2, 0.25) is 0 Å². The lowest BCUT2D eigenvalue weighted by molar-refractivity contribution is -0.147. The van der Waals surface area contributed by atoms with Gasteiger partial charge in [0.25, 0.3) is 0 Å². The molecule has 0 aromatic carbocycles. The molecule has 0 spiro atoms. The molecule has 0 saturated heterocycles. The Hall–Kier alpha value is -2.38. The lowest BCUT2D eigenvalue weighted by atomic mass is 10.2. The highest BCUT2D eigenvalue weighted by molar-refractivity contribution is 7.80. The Morgan fingerprint density at radius 2 is 1.60 bits per heavy atom. The Balaban J connectivity index is 4.62. The van der Waals surface area contributed by atoms with Crippen molar-refractivity contribution in [1.82, 2.24) is 16.0 Å². The molecule has 12 nitrogen and oxygen atoms in total. The molecule has 0 saturated carbocycles. The summed E-state index contributed by atoms with van der Waals surface area (Å²) in [5.74, 6) is -5.59. The normalized spacial score (nSPS) is 13.9. The summed E-state index contributed by atoms with van der Waals surface area (Å²) < 4.78 is 0. The highest BCUT2D eigenvalue weighted by Crippen LogP contribution is 1.95. The van der Waals surface area contributed by atoms with E-state index in [0.717, 1.165) is 0 Å². The van der Waals surface area contributed by atoms with Gasteiger partial charge in [-0.3, -0.25) is 19.2 Å². The van der Waals surface area contributed by atoms with Crippen LogP contribution in [0.3, 0.4) is 0 Å². The first kappa shape index (κ1) is 22.6. The Kier molecular flexibility index (Phi) is 10.2. The van der Waals surface area contributed by atoms with Crippen molar-refractivity contribution in [2.45, 2.75) is 24.5 Å². The largest absolute Gasteiger partial charge is 0.481 e. The van der Waals surface area contributed by atoms with Crippen LogP contribution in [0.5, 0.6) is 0 Å². The summed E-state index contributed by atoms with van der Waals surface area (Å²) in [6, 6.07) is -4.19. The zero-order valence-electron chi connectivity index (χ0n) is 13.0. The molecule has 8 N–H and O–H groups in total. The van der Waals surface area contributed by atoms with Gasteiger partial charge in [-0.15, -0.1) is 0 Å². The lowest BCUT2D eigenvalue weighted by Gasteiger charge is -2.19. The number of carbonyl (C=O) groups is 5. The van der Waals surface area contributed by atoms with E-state index in [4.69, 9.17) is 21.1 Å². The summed E-state index contributed by atoms with van der Waals surface area (Å²) in [5, 5.41) is 32.7. The number of aliphatic carboxylic acids is 2. The number of carboxylic acids is 2. The number of amides is 3. The number of carboxylic acid groups (broad SMARTS) is 2. The van der Waals surface area contributed by atoms with Crippen LogP contribution in [0.25, 0.3) is 0 Å². The highest BCUT2D eigenvalue weighted by Gasteiger charge is 2.27. The van der Waals surface area contributed by atoms with Crippen LogP contribution in [-0.2, 0) is 24.0 Å². The lowest BCUT2D eigenvalue weighted by Crippen LogP contribution is -2.55. The number of aliphatic hydroxyl groups is 1. The molecule has 0 radical (unpaired) electrons. The molecule has 0 rings (SSSR count). The van der Waals surface area contributed by atoms with E-state index in [1.807, 2.05) is 5.32 Å². The van der Waals surface area contributed by atoms with Crippen LogP contribution >= 0.6 is 12.6 Å². The predicted molar refractivity (Wildman–Crippen MR) is 85.7 cm³/mol. The minimum absolute atomic E-state index is 0.0509. The van der Waals surface area contributed by atoms with E-state index in [-0.39, 0.29) is 5.75 Å². The number of hydrogen-bond acceptors (Lipinski definition) is 8. The van der Waals surface area contributed by atoms with Crippen LogP contribution in [0.4, 0.5) is 0 Å². The minimum Gasteiger partial charge on any atom is -0.481 e. The molecule has 25 heavy (non-hydrogen) atoms.